The van der Waals surface area contributed by atoms with Crippen LogP contribution in [0.3, 0.4) is 0 Å². The fraction of sp³-hybridized carbons (Fsp3) is 0.667. The molecule has 0 heterocycles. The summed E-state index contributed by atoms with van der Waals surface area (Å²) in [5.74, 6) is 0.447. The van der Waals surface area contributed by atoms with Crippen LogP contribution in [0.5, 0.6) is 0 Å². The van der Waals surface area contributed by atoms with E-state index in [0.717, 1.165) is 25.7 Å². The predicted octanol–water partition coefficient (Wildman–Crippen LogP) is 3.86. The summed E-state index contributed by atoms with van der Waals surface area (Å²) in [7, 11) is -5.82. The number of aryl methyl sites for hydroxylation is 1. The second-order valence-electron chi connectivity index (χ2n) is 9.10. The fourth-order valence-corrected chi connectivity index (χ4v) is 6.38. The highest BCUT2D eigenvalue weighted by Crippen LogP contribution is 2.62. The van der Waals surface area contributed by atoms with Crippen LogP contribution in [0.25, 0.3) is 0 Å². The Kier molecular flexibility index (Phi) is 5.22. The van der Waals surface area contributed by atoms with Gasteiger partial charge in [-0.1, -0.05) is 29.8 Å². The number of alkyl halides is 2. The molecule has 2 bridgehead atoms. The van der Waals surface area contributed by atoms with Crippen molar-refractivity contribution in [3.63, 3.8) is 0 Å². The first kappa shape index (κ1) is 20.7. The number of hydrogen-bond acceptors (Lipinski definition) is 4. The van der Waals surface area contributed by atoms with E-state index in [1.54, 1.807) is 0 Å². The molecule has 3 saturated carbocycles. The predicted molar refractivity (Wildman–Crippen MR) is 102 cm³/mol. The molecular weight excluding hydrogens is 402 g/mol. The van der Waals surface area contributed by atoms with Crippen LogP contribution in [0.2, 0.25) is 0 Å². The van der Waals surface area contributed by atoms with E-state index in [0.29, 0.717) is 29.6 Å². The topological polar surface area (TPSA) is 80.7 Å². The van der Waals surface area contributed by atoms with Gasteiger partial charge < -0.3 is 4.74 Å². The molecule has 0 saturated heterocycles. The number of rotatable bonds is 6. The van der Waals surface area contributed by atoms with E-state index in [9.17, 15) is 22.0 Å². The van der Waals surface area contributed by atoms with Gasteiger partial charge in [0.05, 0.1) is 6.61 Å². The van der Waals surface area contributed by atoms with Crippen LogP contribution >= 0.6 is 0 Å². The lowest BCUT2D eigenvalue weighted by Crippen LogP contribution is -2.40. The van der Waals surface area contributed by atoms with E-state index in [1.165, 1.54) is 17.5 Å². The van der Waals surface area contributed by atoms with Gasteiger partial charge in [0.1, 0.15) is 0 Å². The van der Waals surface area contributed by atoms with Crippen LogP contribution in [-0.2, 0) is 26.1 Å². The lowest BCUT2D eigenvalue weighted by Gasteiger charge is -2.31. The van der Waals surface area contributed by atoms with Gasteiger partial charge in [-0.3, -0.25) is 4.55 Å². The number of carbonyl (C=O) groups excluding carboxylic acids is 1. The van der Waals surface area contributed by atoms with Gasteiger partial charge >= 0.3 is 21.3 Å². The van der Waals surface area contributed by atoms with Crippen molar-refractivity contribution in [2.75, 3.05) is 6.61 Å². The van der Waals surface area contributed by atoms with Crippen LogP contribution in [-0.4, -0.2) is 30.8 Å². The molecular formula is C21H26F2O5S. The van der Waals surface area contributed by atoms with Gasteiger partial charge in [-0.15, -0.1) is 0 Å². The summed E-state index contributed by atoms with van der Waals surface area (Å²) >= 11 is 0. The van der Waals surface area contributed by atoms with Crippen molar-refractivity contribution in [3.05, 3.63) is 35.4 Å². The molecule has 6 atom stereocenters. The third-order valence-electron chi connectivity index (χ3n) is 7.34. The Labute approximate surface area is 169 Å². The van der Waals surface area contributed by atoms with Gasteiger partial charge in [0.15, 0.2) is 0 Å². The number of ether oxygens (including phenoxy) is 1. The molecule has 5 nitrogen and oxygen atoms in total. The Hall–Kier alpha value is -1.54. The number of halogens is 2. The van der Waals surface area contributed by atoms with Gasteiger partial charge in [0.2, 0.25) is 0 Å². The average molecular weight is 428 g/mol. The lowest BCUT2D eigenvalue weighted by molar-refractivity contribution is -0.163. The Balaban J connectivity index is 1.34. The summed E-state index contributed by atoms with van der Waals surface area (Å²) < 4.78 is 61.2. The molecule has 4 rings (SSSR count). The Morgan fingerprint density at radius 2 is 1.76 bits per heavy atom. The van der Waals surface area contributed by atoms with E-state index in [1.807, 2.05) is 0 Å². The van der Waals surface area contributed by atoms with E-state index >= 15 is 0 Å². The largest absolute Gasteiger partial charge is 0.465 e. The number of hydrogen-bond donors (Lipinski definition) is 1. The molecule has 160 valence electrons. The Morgan fingerprint density at radius 3 is 2.41 bits per heavy atom. The van der Waals surface area contributed by atoms with Gasteiger partial charge in [0, 0.05) is 0 Å². The molecule has 3 aliphatic rings. The van der Waals surface area contributed by atoms with E-state index in [2.05, 4.69) is 35.9 Å². The zero-order valence-electron chi connectivity index (χ0n) is 16.3. The maximum Gasteiger partial charge on any atom is 0.465 e. The maximum atomic E-state index is 13.4. The smallest absolute Gasteiger partial charge is 0.460 e. The highest BCUT2D eigenvalue weighted by molar-refractivity contribution is 7.87. The van der Waals surface area contributed by atoms with Crippen molar-refractivity contribution in [3.8, 4) is 0 Å². The second-order valence-corrected chi connectivity index (χ2v) is 10.6. The zero-order valence-corrected chi connectivity index (χ0v) is 17.1. The monoisotopic (exact) mass is 428 g/mol. The molecule has 1 N–H and O–H groups in total. The molecule has 0 radical (unpaired) electrons. The Morgan fingerprint density at radius 1 is 1.10 bits per heavy atom. The van der Waals surface area contributed by atoms with Crippen molar-refractivity contribution < 1.29 is 31.3 Å². The van der Waals surface area contributed by atoms with E-state index in [-0.39, 0.29) is 12.5 Å². The van der Waals surface area contributed by atoms with Crippen LogP contribution < -0.4 is 0 Å². The minimum absolute atomic E-state index is 0.0134. The molecule has 8 heteroatoms. The number of benzene rings is 1. The first-order valence-electron chi connectivity index (χ1n) is 10.1. The summed E-state index contributed by atoms with van der Waals surface area (Å²) in [6.45, 7) is 1.86. The van der Waals surface area contributed by atoms with Crippen LogP contribution in [0.1, 0.15) is 36.8 Å². The SMILES string of the molecule is Cc1ccc(CC2CC3C4CC(COC(=O)C(F)(F)S(=O)(=O)O)C(C4)C3C2)cc1. The summed E-state index contributed by atoms with van der Waals surface area (Å²) in [4.78, 5) is 11.5. The summed E-state index contributed by atoms with van der Waals surface area (Å²) in [6, 6.07) is 8.61. The summed E-state index contributed by atoms with van der Waals surface area (Å²) in [6.07, 6.45) is 5.20. The Bertz CT molecular complexity index is 883. The van der Waals surface area contributed by atoms with Crippen LogP contribution in [0, 0.1) is 42.4 Å². The van der Waals surface area contributed by atoms with Crippen molar-refractivity contribution in [2.24, 2.45) is 35.5 Å². The number of carbonyl (C=O) groups is 1. The zero-order chi connectivity index (χ0) is 21.0. The molecule has 3 aliphatic carbocycles. The van der Waals surface area contributed by atoms with Crippen molar-refractivity contribution in [1.82, 2.24) is 0 Å². The van der Waals surface area contributed by atoms with Crippen molar-refractivity contribution >= 4 is 16.1 Å². The average Bonchev–Trinajstić information content (AvgIpc) is 3.31. The highest BCUT2D eigenvalue weighted by Gasteiger charge is 2.57. The second kappa shape index (κ2) is 7.30. The third-order valence-corrected chi connectivity index (χ3v) is 8.15. The third kappa shape index (κ3) is 3.81. The number of esters is 1. The molecule has 0 aromatic heterocycles. The normalized spacial score (nSPS) is 33.7. The van der Waals surface area contributed by atoms with Gasteiger partial charge in [0.25, 0.3) is 0 Å². The van der Waals surface area contributed by atoms with Crippen LogP contribution in [0.4, 0.5) is 8.78 Å². The molecule has 1 aromatic rings. The number of fused-ring (bicyclic) bond motifs is 5. The summed E-state index contributed by atoms with van der Waals surface area (Å²) in [5.41, 5.74) is 2.58. The minimum Gasteiger partial charge on any atom is -0.460 e. The molecule has 1 aromatic carbocycles. The quantitative estimate of drug-likeness (QED) is 0.550. The van der Waals surface area contributed by atoms with Crippen molar-refractivity contribution in [1.29, 1.82) is 0 Å². The van der Waals surface area contributed by atoms with Gasteiger partial charge in [-0.05, 0) is 80.1 Å². The molecule has 0 aliphatic heterocycles. The van der Waals surface area contributed by atoms with Crippen molar-refractivity contribution in [2.45, 2.75) is 44.3 Å². The lowest BCUT2D eigenvalue weighted by atomic mass is 9.76. The molecule has 0 amide bonds. The highest BCUT2D eigenvalue weighted by atomic mass is 32.2. The van der Waals surface area contributed by atoms with Gasteiger partial charge in [-0.2, -0.15) is 17.2 Å². The first-order valence-corrected chi connectivity index (χ1v) is 11.6. The molecule has 29 heavy (non-hydrogen) atoms. The minimum atomic E-state index is -5.82. The van der Waals surface area contributed by atoms with E-state index in [4.69, 9.17) is 4.55 Å². The molecule has 3 fully saturated rings. The molecule has 0 spiro atoms. The van der Waals surface area contributed by atoms with Crippen LogP contribution in [0.15, 0.2) is 24.3 Å². The summed E-state index contributed by atoms with van der Waals surface area (Å²) in [5, 5.41) is -4.92. The maximum absolute atomic E-state index is 13.4. The molecule has 6 unspecified atom stereocenters. The fourth-order valence-electron chi connectivity index (χ4n) is 6.11. The van der Waals surface area contributed by atoms with Gasteiger partial charge in [-0.25, -0.2) is 4.79 Å². The van der Waals surface area contributed by atoms with E-state index < -0.39 is 21.3 Å². The first-order chi connectivity index (χ1) is 13.6. The standard InChI is InChI=1S/C21H26F2O5S/c1-12-2-4-13(5-3-12)6-14-7-17-15-9-16(18(10-15)19(17)8-14)11-28-20(24)21(22,23)29(25,26)27/h2-5,14-19H,6-11H2,1H3,(H,25,26,27).